The topological polar surface area (TPSA) is 46.2 Å². The zero-order valence-electron chi connectivity index (χ0n) is 10.1. The van der Waals surface area contributed by atoms with Crippen LogP contribution in [-0.4, -0.2) is 33.0 Å². The molecule has 0 aromatic carbocycles. The molecule has 1 saturated heterocycles. The Kier molecular flexibility index (Phi) is 5.49. The fourth-order valence-electron chi connectivity index (χ4n) is 2.35. The van der Waals surface area contributed by atoms with Gasteiger partial charge in [-0.15, -0.1) is 6.58 Å². The molecule has 4 heteroatoms. The highest BCUT2D eigenvalue weighted by Gasteiger charge is 2.29. The van der Waals surface area contributed by atoms with Gasteiger partial charge >= 0.3 is 0 Å². The van der Waals surface area contributed by atoms with E-state index in [4.69, 9.17) is 0 Å². The zero-order valence-corrected chi connectivity index (χ0v) is 10.9. The summed E-state index contributed by atoms with van der Waals surface area (Å²) in [6.45, 7) is 3.71. The van der Waals surface area contributed by atoms with Gasteiger partial charge in [0.2, 0.25) is 0 Å². The van der Waals surface area contributed by atoms with Crippen molar-refractivity contribution in [2.24, 2.45) is 5.92 Å². The monoisotopic (exact) mass is 245 g/mol. The molecular weight excluding hydrogens is 222 g/mol. The van der Waals surface area contributed by atoms with Crippen LogP contribution in [0.25, 0.3) is 0 Å². The van der Waals surface area contributed by atoms with Gasteiger partial charge in [-0.1, -0.05) is 6.08 Å². The number of unbranched alkanes of at least 4 members (excludes halogenated alkanes) is 1. The Morgan fingerprint density at radius 3 is 2.81 bits per heavy atom. The minimum atomic E-state index is -2.72. The van der Waals surface area contributed by atoms with E-state index in [0.29, 0.717) is 23.5 Å². The molecule has 1 aliphatic rings. The quantitative estimate of drug-likeness (QED) is 0.549. The maximum absolute atomic E-state index is 11.3. The lowest BCUT2D eigenvalue weighted by atomic mass is 9.96. The van der Waals surface area contributed by atoms with Gasteiger partial charge in [-0.25, -0.2) is 8.42 Å². The maximum atomic E-state index is 11.3. The third-order valence-electron chi connectivity index (χ3n) is 3.31. The van der Waals surface area contributed by atoms with Gasteiger partial charge in [0.1, 0.15) is 0 Å². The van der Waals surface area contributed by atoms with Crippen LogP contribution >= 0.6 is 0 Å². The third-order valence-corrected chi connectivity index (χ3v) is 5.15. The van der Waals surface area contributed by atoms with Crippen LogP contribution in [0.15, 0.2) is 12.7 Å². The summed E-state index contributed by atoms with van der Waals surface area (Å²) in [4.78, 5) is 0. The fourth-order valence-corrected chi connectivity index (χ4v) is 4.23. The molecule has 0 saturated carbocycles. The summed E-state index contributed by atoms with van der Waals surface area (Å²) in [6, 6.07) is 0.457. The van der Waals surface area contributed by atoms with Crippen molar-refractivity contribution in [1.82, 2.24) is 5.32 Å². The molecule has 0 amide bonds. The first-order valence-corrected chi connectivity index (χ1v) is 7.88. The van der Waals surface area contributed by atoms with Crippen molar-refractivity contribution in [3.63, 3.8) is 0 Å². The summed E-state index contributed by atoms with van der Waals surface area (Å²) in [6.07, 6.45) is 7.07. The van der Waals surface area contributed by atoms with Gasteiger partial charge in [-0.3, -0.25) is 0 Å². The zero-order chi connectivity index (χ0) is 12.0. The van der Waals surface area contributed by atoms with Crippen LogP contribution in [0.2, 0.25) is 0 Å². The Morgan fingerprint density at radius 1 is 1.56 bits per heavy atom. The van der Waals surface area contributed by atoms with Gasteiger partial charge in [-0.2, -0.15) is 0 Å². The second-order valence-corrected chi connectivity index (χ2v) is 6.94. The third kappa shape index (κ3) is 4.66. The average Bonchev–Trinajstić information content (AvgIpc) is 2.57. The normalized spacial score (nSPS) is 25.4. The van der Waals surface area contributed by atoms with Gasteiger partial charge in [0.15, 0.2) is 9.84 Å². The van der Waals surface area contributed by atoms with Crippen molar-refractivity contribution in [1.29, 1.82) is 0 Å². The van der Waals surface area contributed by atoms with Crippen LogP contribution in [-0.2, 0) is 9.84 Å². The molecule has 0 aromatic heterocycles. The Bertz CT molecular complexity index is 311. The highest BCUT2D eigenvalue weighted by Crippen LogP contribution is 2.24. The Morgan fingerprint density at radius 2 is 2.31 bits per heavy atom. The van der Waals surface area contributed by atoms with E-state index in [0.717, 1.165) is 32.1 Å². The average molecular weight is 245 g/mol. The van der Waals surface area contributed by atoms with Crippen LogP contribution < -0.4 is 5.32 Å². The molecule has 0 aromatic rings. The summed E-state index contributed by atoms with van der Waals surface area (Å²) >= 11 is 0. The van der Waals surface area contributed by atoms with Crippen molar-refractivity contribution in [3.8, 4) is 0 Å². The SMILES string of the molecule is C=CCCCC(CC1CCS(=O)(=O)C1)NC. The molecule has 2 unspecified atom stereocenters. The minimum Gasteiger partial charge on any atom is -0.317 e. The van der Waals surface area contributed by atoms with Crippen molar-refractivity contribution >= 4 is 9.84 Å². The van der Waals surface area contributed by atoms with Crippen LogP contribution in [0.1, 0.15) is 32.1 Å². The molecule has 0 spiro atoms. The highest BCUT2D eigenvalue weighted by molar-refractivity contribution is 7.91. The summed E-state index contributed by atoms with van der Waals surface area (Å²) in [5.74, 6) is 1.15. The van der Waals surface area contributed by atoms with Gasteiger partial charge in [0, 0.05) is 6.04 Å². The molecule has 0 radical (unpaired) electrons. The number of nitrogens with one attached hydrogen (secondary N) is 1. The maximum Gasteiger partial charge on any atom is 0.150 e. The number of sulfone groups is 1. The first kappa shape index (κ1) is 13.7. The van der Waals surface area contributed by atoms with E-state index in [9.17, 15) is 8.42 Å². The summed E-state index contributed by atoms with van der Waals surface area (Å²) < 4.78 is 22.7. The van der Waals surface area contributed by atoms with Crippen molar-refractivity contribution in [2.75, 3.05) is 18.6 Å². The first-order valence-electron chi connectivity index (χ1n) is 6.06. The Hall–Kier alpha value is -0.350. The molecule has 1 aliphatic heterocycles. The van der Waals surface area contributed by atoms with E-state index in [1.165, 1.54) is 0 Å². The van der Waals surface area contributed by atoms with Gasteiger partial charge in [0.25, 0.3) is 0 Å². The summed E-state index contributed by atoms with van der Waals surface area (Å²) in [5, 5.41) is 3.29. The Labute approximate surface area is 99.2 Å². The van der Waals surface area contributed by atoms with E-state index in [-0.39, 0.29) is 0 Å². The number of hydrogen-bond donors (Lipinski definition) is 1. The van der Waals surface area contributed by atoms with Gasteiger partial charge < -0.3 is 5.32 Å². The van der Waals surface area contributed by atoms with Gasteiger partial charge in [0.05, 0.1) is 11.5 Å². The van der Waals surface area contributed by atoms with Crippen molar-refractivity contribution < 1.29 is 8.42 Å². The molecule has 94 valence electrons. The minimum absolute atomic E-state index is 0.367. The lowest BCUT2D eigenvalue weighted by Crippen LogP contribution is -2.28. The number of allylic oxidation sites excluding steroid dienone is 1. The smallest absolute Gasteiger partial charge is 0.150 e. The first-order chi connectivity index (χ1) is 7.57. The second kappa shape index (κ2) is 6.40. The standard InChI is InChI=1S/C12H23NO2S/c1-3-4-5-6-12(13-2)9-11-7-8-16(14,15)10-11/h3,11-13H,1,4-10H2,2H3. The van der Waals surface area contributed by atoms with Crippen molar-refractivity contribution in [3.05, 3.63) is 12.7 Å². The van der Waals surface area contributed by atoms with E-state index in [1.807, 2.05) is 13.1 Å². The molecule has 0 bridgehead atoms. The van der Waals surface area contributed by atoms with Crippen molar-refractivity contribution in [2.45, 2.75) is 38.1 Å². The lowest BCUT2D eigenvalue weighted by Gasteiger charge is -2.19. The molecule has 1 rings (SSSR count). The summed E-state index contributed by atoms with van der Waals surface area (Å²) in [7, 11) is -0.758. The predicted molar refractivity (Wildman–Crippen MR) is 68.3 cm³/mol. The van der Waals surface area contributed by atoms with E-state index in [1.54, 1.807) is 0 Å². The molecular formula is C12H23NO2S. The molecule has 1 fully saturated rings. The fraction of sp³-hybridized carbons (Fsp3) is 0.833. The molecule has 1 heterocycles. The number of rotatable bonds is 7. The summed E-state index contributed by atoms with van der Waals surface area (Å²) in [5.41, 5.74) is 0. The second-order valence-electron chi connectivity index (χ2n) is 4.71. The van der Waals surface area contributed by atoms with Gasteiger partial charge in [-0.05, 0) is 45.1 Å². The van der Waals surface area contributed by atoms with E-state index < -0.39 is 9.84 Å². The number of hydrogen-bond acceptors (Lipinski definition) is 3. The van der Waals surface area contributed by atoms with E-state index >= 15 is 0 Å². The van der Waals surface area contributed by atoms with Crippen LogP contribution in [0.3, 0.4) is 0 Å². The molecule has 0 aliphatic carbocycles. The molecule has 1 N–H and O–H groups in total. The molecule has 3 nitrogen and oxygen atoms in total. The largest absolute Gasteiger partial charge is 0.317 e. The molecule has 2 atom stereocenters. The predicted octanol–water partition coefficient (Wildman–Crippen LogP) is 1.76. The molecule has 16 heavy (non-hydrogen) atoms. The van der Waals surface area contributed by atoms with Crippen LogP contribution in [0.4, 0.5) is 0 Å². The Balaban J connectivity index is 2.30. The highest BCUT2D eigenvalue weighted by atomic mass is 32.2. The van der Waals surface area contributed by atoms with Crippen LogP contribution in [0, 0.1) is 5.92 Å². The van der Waals surface area contributed by atoms with Crippen LogP contribution in [0.5, 0.6) is 0 Å². The van der Waals surface area contributed by atoms with E-state index in [2.05, 4.69) is 11.9 Å². The lowest BCUT2D eigenvalue weighted by molar-refractivity contribution is 0.400.